The van der Waals surface area contributed by atoms with Crippen molar-refractivity contribution >= 4 is 23.1 Å². The Kier molecular flexibility index (Phi) is 3.17. The van der Waals surface area contributed by atoms with Gasteiger partial charge in [0, 0.05) is 12.6 Å². The van der Waals surface area contributed by atoms with Gasteiger partial charge in [-0.15, -0.1) is 0 Å². The van der Waals surface area contributed by atoms with Crippen molar-refractivity contribution in [3.05, 3.63) is 0 Å². The second kappa shape index (κ2) is 4.30. The van der Waals surface area contributed by atoms with Gasteiger partial charge in [-0.1, -0.05) is 12.2 Å². The molecule has 1 heterocycles. The van der Waals surface area contributed by atoms with Crippen LogP contribution in [0.15, 0.2) is 0 Å². The predicted octanol–water partition coefficient (Wildman–Crippen LogP) is 0.263. The zero-order valence-electron chi connectivity index (χ0n) is 9.66. The standard InChI is InChI=1S/C11H19N3OS/c1-14-6-2-3-8(14)7-13-10(15)11(4-5-11)9(12)16/h8H,2-7H2,1H3,(H2,12,16)(H,13,15). The fraction of sp³-hybridized carbons (Fsp3) is 0.818. The van der Waals surface area contributed by atoms with E-state index < -0.39 is 5.41 Å². The van der Waals surface area contributed by atoms with Crippen molar-refractivity contribution in [2.75, 3.05) is 20.1 Å². The van der Waals surface area contributed by atoms with Gasteiger partial charge in [0.15, 0.2) is 0 Å². The van der Waals surface area contributed by atoms with E-state index in [0.29, 0.717) is 11.0 Å². The molecule has 16 heavy (non-hydrogen) atoms. The summed E-state index contributed by atoms with van der Waals surface area (Å²) in [6.45, 7) is 1.85. The van der Waals surface area contributed by atoms with Gasteiger partial charge in [-0.2, -0.15) is 0 Å². The van der Waals surface area contributed by atoms with Crippen LogP contribution >= 0.6 is 12.2 Å². The number of carbonyl (C=O) groups is 1. The van der Waals surface area contributed by atoms with Gasteiger partial charge < -0.3 is 16.0 Å². The van der Waals surface area contributed by atoms with E-state index in [1.54, 1.807) is 0 Å². The summed E-state index contributed by atoms with van der Waals surface area (Å²) in [5, 5.41) is 2.99. The van der Waals surface area contributed by atoms with Crippen LogP contribution in [0.1, 0.15) is 25.7 Å². The third kappa shape index (κ3) is 2.06. The van der Waals surface area contributed by atoms with Crippen molar-refractivity contribution in [1.29, 1.82) is 0 Å². The van der Waals surface area contributed by atoms with Crippen LogP contribution in [0.2, 0.25) is 0 Å². The molecular formula is C11H19N3OS. The first-order chi connectivity index (χ1) is 7.56. The molecule has 2 fully saturated rings. The number of hydrogen-bond donors (Lipinski definition) is 2. The van der Waals surface area contributed by atoms with Crippen LogP contribution < -0.4 is 11.1 Å². The quantitative estimate of drug-likeness (QED) is 0.693. The Morgan fingerprint density at radius 1 is 1.62 bits per heavy atom. The Labute approximate surface area is 102 Å². The van der Waals surface area contributed by atoms with Gasteiger partial charge in [-0.3, -0.25) is 4.79 Å². The largest absolute Gasteiger partial charge is 0.392 e. The van der Waals surface area contributed by atoms with Crippen molar-refractivity contribution in [2.24, 2.45) is 11.1 Å². The maximum absolute atomic E-state index is 11.9. The average molecular weight is 241 g/mol. The minimum Gasteiger partial charge on any atom is -0.392 e. The summed E-state index contributed by atoms with van der Waals surface area (Å²) in [6.07, 6.45) is 4.01. The highest BCUT2D eigenvalue weighted by molar-refractivity contribution is 7.80. The van der Waals surface area contributed by atoms with Gasteiger partial charge >= 0.3 is 0 Å². The van der Waals surface area contributed by atoms with E-state index in [4.69, 9.17) is 18.0 Å². The van der Waals surface area contributed by atoms with E-state index in [1.165, 1.54) is 6.42 Å². The fourth-order valence-corrected chi connectivity index (χ4v) is 2.62. The Hall–Kier alpha value is -0.680. The number of thiocarbonyl (C=S) groups is 1. The fourth-order valence-electron chi connectivity index (χ4n) is 2.33. The van der Waals surface area contributed by atoms with Gasteiger partial charge in [0.1, 0.15) is 0 Å². The van der Waals surface area contributed by atoms with Gasteiger partial charge in [0.2, 0.25) is 5.91 Å². The normalized spacial score (nSPS) is 27.7. The van der Waals surface area contributed by atoms with Crippen LogP contribution in [0.3, 0.4) is 0 Å². The van der Waals surface area contributed by atoms with E-state index >= 15 is 0 Å². The first-order valence-electron chi connectivity index (χ1n) is 5.85. The van der Waals surface area contributed by atoms with E-state index in [1.807, 2.05) is 0 Å². The smallest absolute Gasteiger partial charge is 0.233 e. The number of carbonyl (C=O) groups excluding carboxylic acids is 1. The molecule has 90 valence electrons. The molecule has 3 N–H and O–H groups in total. The number of rotatable bonds is 4. The van der Waals surface area contributed by atoms with E-state index in [9.17, 15) is 4.79 Å². The van der Waals surface area contributed by atoms with Crippen LogP contribution in [0.25, 0.3) is 0 Å². The molecule has 0 aromatic carbocycles. The number of nitrogens with one attached hydrogen (secondary N) is 1. The maximum atomic E-state index is 11.9. The topological polar surface area (TPSA) is 58.4 Å². The summed E-state index contributed by atoms with van der Waals surface area (Å²) in [6, 6.07) is 0.478. The molecule has 2 aliphatic rings. The second-order valence-corrected chi connectivity index (χ2v) is 5.37. The highest BCUT2D eigenvalue weighted by Gasteiger charge is 2.52. The second-order valence-electron chi connectivity index (χ2n) is 4.93. The molecule has 0 aromatic heterocycles. The lowest BCUT2D eigenvalue weighted by Gasteiger charge is -2.21. The van der Waals surface area contributed by atoms with Crippen LogP contribution in [0.4, 0.5) is 0 Å². The van der Waals surface area contributed by atoms with Crippen LogP contribution in [0.5, 0.6) is 0 Å². The molecule has 1 amide bonds. The molecule has 5 heteroatoms. The van der Waals surface area contributed by atoms with Gasteiger partial charge in [-0.25, -0.2) is 0 Å². The van der Waals surface area contributed by atoms with E-state index in [0.717, 1.165) is 32.4 Å². The Balaban J connectivity index is 1.82. The van der Waals surface area contributed by atoms with E-state index in [-0.39, 0.29) is 5.91 Å². The molecule has 1 aliphatic heterocycles. The predicted molar refractivity (Wildman–Crippen MR) is 67.1 cm³/mol. The third-order valence-corrected chi connectivity index (χ3v) is 4.22. The van der Waals surface area contributed by atoms with Gasteiger partial charge in [0.25, 0.3) is 0 Å². The number of nitrogens with two attached hydrogens (primary N) is 1. The molecule has 1 saturated heterocycles. The number of nitrogens with zero attached hydrogens (tertiary/aromatic N) is 1. The van der Waals surface area contributed by atoms with Crippen molar-refractivity contribution in [3.63, 3.8) is 0 Å². The van der Waals surface area contributed by atoms with Crippen molar-refractivity contribution in [1.82, 2.24) is 10.2 Å². The summed E-state index contributed by atoms with van der Waals surface area (Å²) in [4.78, 5) is 14.6. The van der Waals surface area contributed by atoms with Gasteiger partial charge in [0.05, 0.1) is 10.4 Å². The summed E-state index contributed by atoms with van der Waals surface area (Å²) < 4.78 is 0. The first-order valence-corrected chi connectivity index (χ1v) is 6.25. The molecule has 0 spiro atoms. The summed E-state index contributed by atoms with van der Waals surface area (Å²) in [7, 11) is 2.10. The van der Waals surface area contributed by atoms with Crippen molar-refractivity contribution in [2.45, 2.75) is 31.7 Å². The average Bonchev–Trinajstić information content (AvgIpc) is 2.95. The van der Waals surface area contributed by atoms with Crippen molar-refractivity contribution in [3.8, 4) is 0 Å². The monoisotopic (exact) mass is 241 g/mol. The molecule has 0 aromatic rings. The maximum Gasteiger partial charge on any atom is 0.233 e. The number of likely N-dealkylation sites (N-methyl/N-ethyl adjacent to an activating group) is 1. The minimum atomic E-state index is -0.507. The van der Waals surface area contributed by atoms with E-state index in [2.05, 4.69) is 17.3 Å². The lowest BCUT2D eigenvalue weighted by Crippen LogP contribution is -2.44. The summed E-state index contributed by atoms with van der Waals surface area (Å²) in [5.74, 6) is 0.0281. The molecule has 1 atom stereocenters. The van der Waals surface area contributed by atoms with Crippen LogP contribution in [-0.4, -0.2) is 42.0 Å². The SMILES string of the molecule is CN1CCCC1CNC(=O)C1(C(N)=S)CC1. The van der Waals surface area contributed by atoms with Crippen LogP contribution in [-0.2, 0) is 4.79 Å². The minimum absolute atomic E-state index is 0.0281. The Morgan fingerprint density at radius 3 is 2.75 bits per heavy atom. The molecule has 1 saturated carbocycles. The van der Waals surface area contributed by atoms with Gasteiger partial charge in [-0.05, 0) is 39.3 Å². The lowest BCUT2D eigenvalue weighted by atomic mass is 10.1. The highest BCUT2D eigenvalue weighted by Crippen LogP contribution is 2.46. The third-order valence-electron chi connectivity index (χ3n) is 3.83. The highest BCUT2D eigenvalue weighted by atomic mass is 32.1. The number of likely N-dealkylation sites (tertiary alicyclic amines) is 1. The van der Waals surface area contributed by atoms with Crippen LogP contribution in [0, 0.1) is 5.41 Å². The molecule has 1 unspecified atom stereocenters. The molecular weight excluding hydrogens is 222 g/mol. The summed E-state index contributed by atoms with van der Waals surface area (Å²) in [5.41, 5.74) is 5.10. The number of amides is 1. The zero-order valence-corrected chi connectivity index (χ0v) is 10.5. The molecule has 2 rings (SSSR count). The first kappa shape index (κ1) is 11.8. The molecule has 0 bridgehead atoms. The molecule has 4 nitrogen and oxygen atoms in total. The molecule has 1 aliphatic carbocycles. The summed E-state index contributed by atoms with van der Waals surface area (Å²) >= 11 is 4.95. The Morgan fingerprint density at radius 2 is 2.31 bits per heavy atom. The molecule has 0 radical (unpaired) electrons. The lowest BCUT2D eigenvalue weighted by molar-refractivity contribution is -0.124. The number of hydrogen-bond acceptors (Lipinski definition) is 3. The van der Waals surface area contributed by atoms with Crippen molar-refractivity contribution < 1.29 is 4.79 Å². The Bertz CT molecular complexity index is 314. The zero-order chi connectivity index (χ0) is 11.8.